The molecule has 3 nitrogen and oxygen atoms in total. The van der Waals surface area contributed by atoms with Gasteiger partial charge in [0.15, 0.2) is 5.96 Å². The van der Waals surface area contributed by atoms with Crippen molar-refractivity contribution in [2.24, 2.45) is 16.6 Å². The van der Waals surface area contributed by atoms with Crippen LogP contribution in [-0.4, -0.2) is 23.9 Å². The molecule has 0 amide bonds. The zero-order valence-corrected chi connectivity index (χ0v) is 11.5. The quantitative estimate of drug-likeness (QED) is 0.914. The fraction of sp³-hybridized carbons (Fsp3) is 0.500. The lowest BCUT2D eigenvalue weighted by Gasteiger charge is -2.37. The van der Waals surface area contributed by atoms with Crippen LogP contribution in [0.1, 0.15) is 26.3 Å². The summed E-state index contributed by atoms with van der Waals surface area (Å²) in [7, 11) is 0. The molecule has 2 rings (SSSR count). The smallest absolute Gasteiger partial charge is 0.192 e. The van der Waals surface area contributed by atoms with Gasteiger partial charge in [-0.05, 0) is 31.0 Å². The van der Waals surface area contributed by atoms with E-state index in [1.807, 2.05) is 25.7 Å². The molecule has 0 aromatic heterocycles. The standard InChI is InChI=1S/C14H19F2N3/c1-9(2)7-19-13(17)18-8-14(19,3)11-6-10(15)4-5-12(11)16/h4-6,9H,7-8H2,1-3H3,(H2,17,18). The summed E-state index contributed by atoms with van der Waals surface area (Å²) >= 11 is 0. The van der Waals surface area contributed by atoms with Crippen molar-refractivity contribution in [1.29, 1.82) is 0 Å². The summed E-state index contributed by atoms with van der Waals surface area (Å²) in [6, 6.07) is 3.50. The van der Waals surface area contributed by atoms with E-state index in [0.29, 0.717) is 30.5 Å². The van der Waals surface area contributed by atoms with Gasteiger partial charge in [0, 0.05) is 12.1 Å². The first-order chi connectivity index (χ1) is 8.84. The van der Waals surface area contributed by atoms with Crippen molar-refractivity contribution in [3.05, 3.63) is 35.4 Å². The first-order valence-electron chi connectivity index (χ1n) is 6.37. The van der Waals surface area contributed by atoms with Crippen LogP contribution in [-0.2, 0) is 5.54 Å². The van der Waals surface area contributed by atoms with Crippen LogP contribution in [0.25, 0.3) is 0 Å². The van der Waals surface area contributed by atoms with Crippen LogP contribution in [0.2, 0.25) is 0 Å². The molecule has 104 valence electrons. The fourth-order valence-electron chi connectivity index (χ4n) is 2.46. The molecule has 0 spiro atoms. The number of hydrogen-bond donors (Lipinski definition) is 1. The van der Waals surface area contributed by atoms with Crippen LogP contribution in [0.4, 0.5) is 8.78 Å². The Kier molecular flexibility index (Phi) is 3.47. The topological polar surface area (TPSA) is 41.6 Å². The van der Waals surface area contributed by atoms with Gasteiger partial charge in [-0.1, -0.05) is 13.8 Å². The summed E-state index contributed by atoms with van der Waals surface area (Å²) < 4.78 is 27.4. The summed E-state index contributed by atoms with van der Waals surface area (Å²) in [4.78, 5) is 6.06. The Labute approximate surface area is 112 Å². The number of nitrogens with two attached hydrogens (primary N) is 1. The zero-order chi connectivity index (χ0) is 14.2. The molecule has 0 aliphatic carbocycles. The second kappa shape index (κ2) is 4.79. The van der Waals surface area contributed by atoms with E-state index in [2.05, 4.69) is 4.99 Å². The number of benzene rings is 1. The first kappa shape index (κ1) is 13.8. The molecule has 1 aromatic rings. The maximum atomic E-state index is 14.0. The van der Waals surface area contributed by atoms with Gasteiger partial charge in [0.1, 0.15) is 11.6 Å². The minimum Gasteiger partial charge on any atom is -0.370 e. The van der Waals surface area contributed by atoms with E-state index < -0.39 is 17.2 Å². The van der Waals surface area contributed by atoms with Gasteiger partial charge in [0.2, 0.25) is 0 Å². The largest absolute Gasteiger partial charge is 0.370 e. The van der Waals surface area contributed by atoms with Crippen LogP contribution in [0.5, 0.6) is 0 Å². The normalized spacial score (nSPS) is 23.1. The lowest BCUT2D eigenvalue weighted by molar-refractivity contribution is 0.198. The van der Waals surface area contributed by atoms with Gasteiger partial charge in [-0.15, -0.1) is 0 Å². The Morgan fingerprint density at radius 1 is 1.42 bits per heavy atom. The molecule has 0 saturated heterocycles. The molecule has 0 radical (unpaired) electrons. The maximum absolute atomic E-state index is 14.0. The van der Waals surface area contributed by atoms with E-state index >= 15 is 0 Å². The van der Waals surface area contributed by atoms with E-state index in [0.717, 1.165) is 12.1 Å². The highest BCUT2D eigenvalue weighted by Gasteiger charge is 2.41. The Balaban J connectivity index is 2.43. The summed E-state index contributed by atoms with van der Waals surface area (Å²) in [5.41, 5.74) is 5.47. The predicted octanol–water partition coefficient (Wildman–Crippen LogP) is 2.47. The van der Waals surface area contributed by atoms with Crippen molar-refractivity contribution in [1.82, 2.24) is 4.90 Å². The molecule has 19 heavy (non-hydrogen) atoms. The molecule has 1 aliphatic heterocycles. The zero-order valence-electron chi connectivity index (χ0n) is 11.5. The van der Waals surface area contributed by atoms with E-state index in [-0.39, 0.29) is 0 Å². The fourth-order valence-corrected chi connectivity index (χ4v) is 2.46. The summed E-state index contributed by atoms with van der Waals surface area (Å²) in [5, 5.41) is 0. The first-order valence-corrected chi connectivity index (χ1v) is 6.37. The van der Waals surface area contributed by atoms with Crippen molar-refractivity contribution in [2.75, 3.05) is 13.1 Å². The van der Waals surface area contributed by atoms with E-state index in [9.17, 15) is 8.78 Å². The lowest BCUT2D eigenvalue weighted by Crippen LogP contribution is -2.49. The van der Waals surface area contributed by atoms with Crippen molar-refractivity contribution in [3.63, 3.8) is 0 Å². The number of nitrogens with zero attached hydrogens (tertiary/aromatic N) is 2. The third-order valence-electron chi connectivity index (χ3n) is 3.48. The van der Waals surface area contributed by atoms with Crippen molar-refractivity contribution < 1.29 is 8.78 Å². The van der Waals surface area contributed by atoms with Gasteiger partial charge < -0.3 is 10.6 Å². The second-order valence-corrected chi connectivity index (χ2v) is 5.58. The molecular weight excluding hydrogens is 248 g/mol. The van der Waals surface area contributed by atoms with Gasteiger partial charge in [-0.25, -0.2) is 8.78 Å². The third-order valence-corrected chi connectivity index (χ3v) is 3.48. The molecule has 0 saturated carbocycles. The summed E-state index contributed by atoms with van der Waals surface area (Å²) in [5.74, 6) is -0.141. The molecule has 5 heteroatoms. The van der Waals surface area contributed by atoms with Gasteiger partial charge in [0.05, 0.1) is 12.1 Å². The minimum atomic E-state index is -0.722. The molecule has 1 unspecified atom stereocenters. The SMILES string of the molecule is CC(C)CN1C(N)=NCC1(C)c1cc(F)ccc1F. The van der Waals surface area contributed by atoms with Crippen LogP contribution >= 0.6 is 0 Å². The molecule has 0 fully saturated rings. The van der Waals surface area contributed by atoms with Crippen molar-refractivity contribution in [2.45, 2.75) is 26.3 Å². The van der Waals surface area contributed by atoms with Crippen LogP contribution in [0.3, 0.4) is 0 Å². The molecule has 1 heterocycles. The lowest BCUT2D eigenvalue weighted by atomic mass is 9.89. The number of hydrogen-bond acceptors (Lipinski definition) is 3. The van der Waals surface area contributed by atoms with E-state index in [1.165, 1.54) is 6.07 Å². The van der Waals surface area contributed by atoms with Gasteiger partial charge in [-0.2, -0.15) is 0 Å². The van der Waals surface area contributed by atoms with Crippen molar-refractivity contribution >= 4 is 5.96 Å². The maximum Gasteiger partial charge on any atom is 0.192 e. The molecular formula is C14H19F2N3. The molecule has 2 N–H and O–H groups in total. The van der Waals surface area contributed by atoms with Crippen LogP contribution in [0.15, 0.2) is 23.2 Å². The third kappa shape index (κ3) is 2.41. The van der Waals surface area contributed by atoms with Gasteiger partial charge >= 0.3 is 0 Å². The van der Waals surface area contributed by atoms with Crippen LogP contribution < -0.4 is 5.73 Å². The second-order valence-electron chi connectivity index (χ2n) is 5.58. The number of aliphatic imine (C=N–C) groups is 1. The molecule has 0 bridgehead atoms. The summed E-state index contributed by atoms with van der Waals surface area (Å²) in [6.07, 6.45) is 0. The van der Waals surface area contributed by atoms with Gasteiger partial charge in [-0.3, -0.25) is 4.99 Å². The molecule has 1 aromatic carbocycles. The highest BCUT2D eigenvalue weighted by atomic mass is 19.1. The van der Waals surface area contributed by atoms with Crippen LogP contribution in [0, 0.1) is 17.6 Å². The van der Waals surface area contributed by atoms with E-state index in [1.54, 1.807) is 0 Å². The average molecular weight is 267 g/mol. The summed E-state index contributed by atoms with van der Waals surface area (Å²) in [6.45, 7) is 6.94. The number of guanidine groups is 1. The Morgan fingerprint density at radius 3 is 2.74 bits per heavy atom. The minimum absolute atomic E-state index is 0.303. The monoisotopic (exact) mass is 267 g/mol. The predicted molar refractivity (Wildman–Crippen MR) is 71.7 cm³/mol. The highest BCUT2D eigenvalue weighted by molar-refractivity contribution is 5.81. The Hall–Kier alpha value is -1.65. The van der Waals surface area contributed by atoms with E-state index in [4.69, 9.17) is 5.73 Å². The molecule has 1 aliphatic rings. The van der Waals surface area contributed by atoms with Crippen molar-refractivity contribution in [3.8, 4) is 0 Å². The highest BCUT2D eigenvalue weighted by Crippen LogP contribution is 2.35. The number of halogens is 2. The Morgan fingerprint density at radius 2 is 2.11 bits per heavy atom. The Bertz CT molecular complexity index is 513. The average Bonchev–Trinajstić information content (AvgIpc) is 2.61. The van der Waals surface area contributed by atoms with Gasteiger partial charge in [0.25, 0.3) is 0 Å². The molecule has 1 atom stereocenters. The number of rotatable bonds is 3.